The Kier molecular flexibility index (Phi) is 3.99. The molecule has 0 saturated carbocycles. The largest absolute Gasteiger partial charge is 0.493 e. The van der Waals surface area contributed by atoms with E-state index < -0.39 is 0 Å². The highest BCUT2D eigenvalue weighted by Gasteiger charge is 2.32. The summed E-state index contributed by atoms with van der Waals surface area (Å²) in [6.45, 7) is 2.53. The number of para-hydroxylation sites is 2. The van der Waals surface area contributed by atoms with Gasteiger partial charge < -0.3 is 14.8 Å². The van der Waals surface area contributed by atoms with Crippen LogP contribution in [0.3, 0.4) is 0 Å². The van der Waals surface area contributed by atoms with E-state index >= 15 is 0 Å². The van der Waals surface area contributed by atoms with Crippen LogP contribution in [-0.2, 0) is 12.8 Å². The van der Waals surface area contributed by atoms with Crippen LogP contribution in [0, 0.1) is 0 Å². The smallest absolute Gasteiger partial charge is 0.322 e. The fourth-order valence-electron chi connectivity index (χ4n) is 3.77. The SMILES string of the molecule is COc1cccc2c1OCC(NC(=O)N1c3ccccc3CC1C)C2. The van der Waals surface area contributed by atoms with Gasteiger partial charge in [0.05, 0.1) is 13.2 Å². The number of fused-ring (bicyclic) bond motifs is 2. The second-order valence-electron chi connectivity index (χ2n) is 6.66. The van der Waals surface area contributed by atoms with Gasteiger partial charge in [0, 0.05) is 17.3 Å². The third-order valence-electron chi connectivity index (χ3n) is 4.93. The number of hydrogen-bond acceptors (Lipinski definition) is 3. The molecule has 2 heterocycles. The Morgan fingerprint density at radius 1 is 1.16 bits per heavy atom. The van der Waals surface area contributed by atoms with E-state index in [1.165, 1.54) is 5.56 Å². The molecule has 0 saturated heterocycles. The summed E-state index contributed by atoms with van der Waals surface area (Å²) in [7, 11) is 1.64. The number of amides is 2. The van der Waals surface area contributed by atoms with Gasteiger partial charge >= 0.3 is 6.03 Å². The van der Waals surface area contributed by atoms with Gasteiger partial charge in [-0.3, -0.25) is 4.90 Å². The maximum absolute atomic E-state index is 12.9. The first-order chi connectivity index (χ1) is 12.2. The van der Waals surface area contributed by atoms with Gasteiger partial charge in [0.1, 0.15) is 6.61 Å². The van der Waals surface area contributed by atoms with E-state index in [1.807, 2.05) is 41.3 Å². The highest BCUT2D eigenvalue weighted by molar-refractivity contribution is 5.95. The lowest BCUT2D eigenvalue weighted by Gasteiger charge is -2.30. The predicted octanol–water partition coefficient (Wildman–Crippen LogP) is 3.16. The van der Waals surface area contributed by atoms with Crippen molar-refractivity contribution in [3.8, 4) is 11.5 Å². The van der Waals surface area contributed by atoms with E-state index in [0.29, 0.717) is 6.61 Å². The van der Waals surface area contributed by atoms with Crippen LogP contribution in [0.15, 0.2) is 42.5 Å². The molecule has 2 aliphatic heterocycles. The van der Waals surface area contributed by atoms with Crippen LogP contribution in [0.5, 0.6) is 11.5 Å². The molecule has 2 atom stereocenters. The molecule has 2 aliphatic rings. The molecule has 0 aromatic heterocycles. The Morgan fingerprint density at radius 2 is 1.96 bits per heavy atom. The normalized spacial score (nSPS) is 21.1. The van der Waals surface area contributed by atoms with Crippen LogP contribution in [0.1, 0.15) is 18.1 Å². The summed E-state index contributed by atoms with van der Waals surface area (Å²) in [5, 5.41) is 3.13. The highest BCUT2D eigenvalue weighted by Crippen LogP contribution is 2.35. The molecule has 2 aromatic carbocycles. The summed E-state index contributed by atoms with van der Waals surface area (Å²) in [6.07, 6.45) is 1.63. The topological polar surface area (TPSA) is 50.8 Å². The molecule has 0 aliphatic carbocycles. The molecular weight excluding hydrogens is 316 g/mol. The molecule has 1 N–H and O–H groups in total. The van der Waals surface area contributed by atoms with Crippen molar-refractivity contribution >= 4 is 11.7 Å². The van der Waals surface area contributed by atoms with Crippen LogP contribution in [0.2, 0.25) is 0 Å². The van der Waals surface area contributed by atoms with E-state index in [-0.39, 0.29) is 18.1 Å². The second-order valence-corrected chi connectivity index (χ2v) is 6.66. The minimum Gasteiger partial charge on any atom is -0.493 e. The number of carbonyl (C=O) groups excluding carboxylic acids is 1. The number of benzene rings is 2. The number of ether oxygens (including phenoxy) is 2. The van der Waals surface area contributed by atoms with Gasteiger partial charge in [-0.05, 0) is 37.5 Å². The van der Waals surface area contributed by atoms with Crippen LogP contribution in [-0.4, -0.2) is 31.8 Å². The number of nitrogens with one attached hydrogen (secondary N) is 1. The number of methoxy groups -OCH3 is 1. The van der Waals surface area contributed by atoms with E-state index in [4.69, 9.17) is 9.47 Å². The predicted molar refractivity (Wildman–Crippen MR) is 96.6 cm³/mol. The summed E-state index contributed by atoms with van der Waals surface area (Å²) >= 11 is 0. The fourth-order valence-corrected chi connectivity index (χ4v) is 3.77. The number of anilines is 1. The highest BCUT2D eigenvalue weighted by atomic mass is 16.5. The van der Waals surface area contributed by atoms with Crippen molar-refractivity contribution in [2.75, 3.05) is 18.6 Å². The Labute approximate surface area is 147 Å². The fraction of sp³-hybridized carbons (Fsp3) is 0.350. The third-order valence-corrected chi connectivity index (χ3v) is 4.93. The molecule has 5 heteroatoms. The van der Waals surface area contributed by atoms with Gasteiger partial charge in [-0.2, -0.15) is 0 Å². The zero-order chi connectivity index (χ0) is 17.4. The van der Waals surface area contributed by atoms with Crippen LogP contribution in [0.25, 0.3) is 0 Å². The van der Waals surface area contributed by atoms with Crippen molar-refractivity contribution in [3.05, 3.63) is 53.6 Å². The maximum Gasteiger partial charge on any atom is 0.322 e. The Morgan fingerprint density at radius 3 is 2.80 bits per heavy atom. The van der Waals surface area contributed by atoms with Gasteiger partial charge in [0.25, 0.3) is 0 Å². The summed E-state index contributed by atoms with van der Waals surface area (Å²) in [6, 6.07) is 14.0. The van der Waals surface area contributed by atoms with Gasteiger partial charge in [0.15, 0.2) is 11.5 Å². The maximum atomic E-state index is 12.9. The van der Waals surface area contributed by atoms with Crippen molar-refractivity contribution < 1.29 is 14.3 Å². The molecule has 4 rings (SSSR count). The first-order valence-corrected chi connectivity index (χ1v) is 8.63. The van der Waals surface area contributed by atoms with Gasteiger partial charge in [0.2, 0.25) is 0 Å². The molecule has 2 unspecified atom stereocenters. The van der Waals surface area contributed by atoms with Gasteiger partial charge in [-0.25, -0.2) is 4.79 Å². The first kappa shape index (κ1) is 15.8. The molecule has 0 bridgehead atoms. The second kappa shape index (κ2) is 6.31. The minimum atomic E-state index is -0.0580. The molecule has 2 amide bonds. The number of carbonyl (C=O) groups is 1. The standard InChI is InChI=1S/C20H22N2O3/c1-13-10-14-6-3-4-8-17(14)22(13)20(23)21-16-11-15-7-5-9-18(24-2)19(15)25-12-16/h3-9,13,16H,10-12H2,1-2H3,(H,21,23). The Hall–Kier alpha value is -2.69. The Bertz CT molecular complexity index is 805. The molecule has 0 spiro atoms. The molecule has 130 valence electrons. The number of urea groups is 1. The average Bonchev–Trinajstić information content (AvgIpc) is 2.96. The zero-order valence-corrected chi connectivity index (χ0v) is 14.5. The van der Waals surface area contributed by atoms with Crippen molar-refractivity contribution in [2.24, 2.45) is 0 Å². The lowest BCUT2D eigenvalue weighted by atomic mass is 10.0. The van der Waals surface area contributed by atoms with Crippen LogP contribution >= 0.6 is 0 Å². The van der Waals surface area contributed by atoms with E-state index in [1.54, 1.807) is 7.11 Å². The third kappa shape index (κ3) is 2.80. The van der Waals surface area contributed by atoms with E-state index in [9.17, 15) is 4.79 Å². The minimum absolute atomic E-state index is 0.0490. The average molecular weight is 338 g/mol. The lowest BCUT2D eigenvalue weighted by molar-refractivity contribution is 0.213. The molecule has 25 heavy (non-hydrogen) atoms. The first-order valence-electron chi connectivity index (χ1n) is 8.63. The summed E-state index contributed by atoms with van der Waals surface area (Å²) in [5.41, 5.74) is 3.29. The molecule has 0 fully saturated rings. The van der Waals surface area contributed by atoms with Crippen molar-refractivity contribution in [1.29, 1.82) is 0 Å². The summed E-state index contributed by atoms with van der Waals surface area (Å²) < 4.78 is 11.2. The summed E-state index contributed by atoms with van der Waals surface area (Å²) in [5.74, 6) is 1.53. The van der Waals surface area contributed by atoms with Gasteiger partial charge in [-0.15, -0.1) is 0 Å². The number of rotatable bonds is 2. The monoisotopic (exact) mass is 338 g/mol. The van der Waals surface area contributed by atoms with E-state index in [0.717, 1.165) is 35.6 Å². The quantitative estimate of drug-likeness (QED) is 0.915. The van der Waals surface area contributed by atoms with Crippen molar-refractivity contribution in [3.63, 3.8) is 0 Å². The number of nitrogens with zero attached hydrogens (tertiary/aromatic N) is 1. The Balaban J connectivity index is 1.49. The van der Waals surface area contributed by atoms with Crippen LogP contribution in [0.4, 0.5) is 10.5 Å². The molecular formula is C20H22N2O3. The van der Waals surface area contributed by atoms with E-state index in [2.05, 4.69) is 18.3 Å². The molecule has 2 aromatic rings. The lowest BCUT2D eigenvalue weighted by Crippen LogP contribution is -2.50. The number of hydrogen-bond donors (Lipinski definition) is 1. The van der Waals surface area contributed by atoms with Crippen molar-refractivity contribution in [1.82, 2.24) is 5.32 Å². The van der Waals surface area contributed by atoms with Gasteiger partial charge in [-0.1, -0.05) is 30.3 Å². The summed E-state index contributed by atoms with van der Waals surface area (Å²) in [4.78, 5) is 14.7. The molecule has 5 nitrogen and oxygen atoms in total. The molecule has 0 radical (unpaired) electrons. The van der Waals surface area contributed by atoms with Crippen molar-refractivity contribution in [2.45, 2.75) is 31.8 Å². The van der Waals surface area contributed by atoms with Crippen LogP contribution < -0.4 is 19.7 Å². The zero-order valence-electron chi connectivity index (χ0n) is 14.5.